The van der Waals surface area contributed by atoms with Crippen molar-refractivity contribution in [3.05, 3.63) is 29.8 Å². The lowest BCUT2D eigenvalue weighted by atomic mass is 10.1. The number of aliphatic hydroxyl groups is 1. The molecule has 0 fully saturated rings. The SMILES string of the molecule is COC(=O)CC(O)c1cccc(N)c1. The molecule has 0 aliphatic heterocycles. The van der Waals surface area contributed by atoms with Crippen molar-refractivity contribution in [2.24, 2.45) is 0 Å². The summed E-state index contributed by atoms with van der Waals surface area (Å²) in [5.74, 6) is -0.445. The molecule has 1 aromatic carbocycles. The number of rotatable bonds is 3. The predicted molar refractivity (Wildman–Crippen MR) is 52.4 cm³/mol. The van der Waals surface area contributed by atoms with Crippen molar-refractivity contribution in [1.82, 2.24) is 0 Å². The van der Waals surface area contributed by atoms with Gasteiger partial charge in [0, 0.05) is 5.69 Å². The Labute approximate surface area is 82.3 Å². The topological polar surface area (TPSA) is 72.5 Å². The summed E-state index contributed by atoms with van der Waals surface area (Å²) >= 11 is 0. The number of carbonyl (C=O) groups excluding carboxylic acids is 1. The number of esters is 1. The van der Waals surface area contributed by atoms with E-state index in [1.54, 1.807) is 24.3 Å². The van der Waals surface area contributed by atoms with Crippen LogP contribution in [0.25, 0.3) is 0 Å². The van der Waals surface area contributed by atoms with Crippen molar-refractivity contribution in [2.75, 3.05) is 12.8 Å². The average Bonchev–Trinajstić information content (AvgIpc) is 2.17. The van der Waals surface area contributed by atoms with Crippen LogP contribution < -0.4 is 5.73 Å². The standard InChI is InChI=1S/C10H13NO3/c1-14-10(13)6-9(12)7-3-2-4-8(11)5-7/h2-5,9,12H,6,11H2,1H3. The van der Waals surface area contributed by atoms with Crippen LogP contribution in [0.2, 0.25) is 0 Å². The van der Waals surface area contributed by atoms with Gasteiger partial charge in [-0.1, -0.05) is 12.1 Å². The van der Waals surface area contributed by atoms with Crippen LogP contribution in [0.3, 0.4) is 0 Å². The summed E-state index contributed by atoms with van der Waals surface area (Å²) in [5, 5.41) is 9.59. The second kappa shape index (κ2) is 4.62. The van der Waals surface area contributed by atoms with Crippen LogP contribution in [0.4, 0.5) is 5.69 Å². The maximum atomic E-state index is 10.9. The van der Waals surface area contributed by atoms with Crippen LogP contribution in [0.1, 0.15) is 18.1 Å². The number of anilines is 1. The molecule has 0 bridgehead atoms. The molecule has 14 heavy (non-hydrogen) atoms. The molecule has 1 rings (SSSR count). The molecule has 0 radical (unpaired) electrons. The van der Waals surface area contributed by atoms with Gasteiger partial charge in [-0.05, 0) is 17.7 Å². The first-order valence-electron chi connectivity index (χ1n) is 4.24. The Morgan fingerprint density at radius 2 is 2.36 bits per heavy atom. The van der Waals surface area contributed by atoms with Gasteiger partial charge in [0.25, 0.3) is 0 Å². The molecular weight excluding hydrogens is 182 g/mol. The lowest BCUT2D eigenvalue weighted by Gasteiger charge is -2.09. The van der Waals surface area contributed by atoms with Gasteiger partial charge in [0.1, 0.15) is 0 Å². The fourth-order valence-corrected chi connectivity index (χ4v) is 1.13. The van der Waals surface area contributed by atoms with E-state index in [-0.39, 0.29) is 6.42 Å². The molecule has 0 aliphatic carbocycles. The van der Waals surface area contributed by atoms with Crippen LogP contribution in [-0.4, -0.2) is 18.2 Å². The first-order chi connectivity index (χ1) is 6.63. The summed E-state index contributed by atoms with van der Waals surface area (Å²) in [7, 11) is 1.29. The summed E-state index contributed by atoms with van der Waals surface area (Å²) in [6.07, 6.45) is -0.911. The number of nitrogens with two attached hydrogens (primary N) is 1. The van der Waals surface area contributed by atoms with Gasteiger partial charge in [-0.2, -0.15) is 0 Å². The highest BCUT2D eigenvalue weighted by Gasteiger charge is 2.12. The molecule has 0 spiro atoms. The highest BCUT2D eigenvalue weighted by Crippen LogP contribution is 2.18. The second-order valence-corrected chi connectivity index (χ2v) is 2.97. The van der Waals surface area contributed by atoms with Gasteiger partial charge in [-0.3, -0.25) is 4.79 Å². The zero-order valence-corrected chi connectivity index (χ0v) is 7.93. The largest absolute Gasteiger partial charge is 0.469 e. The third kappa shape index (κ3) is 2.74. The van der Waals surface area contributed by atoms with Gasteiger partial charge in [-0.25, -0.2) is 0 Å². The number of methoxy groups -OCH3 is 1. The number of aliphatic hydroxyl groups excluding tert-OH is 1. The van der Waals surface area contributed by atoms with Crippen LogP contribution in [0.5, 0.6) is 0 Å². The van der Waals surface area contributed by atoms with Crippen LogP contribution in [-0.2, 0) is 9.53 Å². The lowest BCUT2D eigenvalue weighted by molar-refractivity contribution is -0.142. The highest BCUT2D eigenvalue weighted by molar-refractivity contribution is 5.70. The summed E-state index contributed by atoms with van der Waals surface area (Å²) in [6, 6.07) is 6.79. The number of nitrogen functional groups attached to an aromatic ring is 1. The minimum absolute atomic E-state index is 0.0556. The molecule has 4 nitrogen and oxygen atoms in total. The Kier molecular flexibility index (Phi) is 3.48. The number of hydrogen-bond donors (Lipinski definition) is 2. The van der Waals surface area contributed by atoms with E-state index in [9.17, 15) is 9.90 Å². The van der Waals surface area contributed by atoms with Crippen LogP contribution in [0.15, 0.2) is 24.3 Å². The predicted octanol–water partition coefficient (Wildman–Crippen LogP) is 0.865. The zero-order valence-electron chi connectivity index (χ0n) is 7.93. The van der Waals surface area contributed by atoms with E-state index < -0.39 is 12.1 Å². The molecule has 0 saturated heterocycles. The van der Waals surface area contributed by atoms with Crippen molar-refractivity contribution in [2.45, 2.75) is 12.5 Å². The third-order valence-corrected chi connectivity index (χ3v) is 1.88. The van der Waals surface area contributed by atoms with E-state index in [1.807, 2.05) is 0 Å². The Hall–Kier alpha value is -1.55. The molecular formula is C10H13NO3. The summed E-state index contributed by atoms with van der Waals surface area (Å²) < 4.78 is 4.44. The second-order valence-electron chi connectivity index (χ2n) is 2.97. The van der Waals surface area contributed by atoms with E-state index in [2.05, 4.69) is 4.74 Å². The maximum absolute atomic E-state index is 10.9. The smallest absolute Gasteiger partial charge is 0.308 e. The third-order valence-electron chi connectivity index (χ3n) is 1.88. The molecule has 76 valence electrons. The number of benzene rings is 1. The molecule has 1 atom stereocenters. The number of carbonyl (C=O) groups is 1. The monoisotopic (exact) mass is 195 g/mol. The van der Waals surface area contributed by atoms with E-state index >= 15 is 0 Å². The summed E-state index contributed by atoms with van der Waals surface area (Å²) in [6.45, 7) is 0. The Balaban J connectivity index is 2.69. The van der Waals surface area contributed by atoms with E-state index in [4.69, 9.17) is 5.73 Å². The van der Waals surface area contributed by atoms with E-state index in [0.29, 0.717) is 11.3 Å². The van der Waals surface area contributed by atoms with Gasteiger partial charge in [0.05, 0.1) is 19.6 Å². The Morgan fingerprint density at radius 1 is 1.64 bits per heavy atom. The first-order valence-corrected chi connectivity index (χ1v) is 4.24. The van der Waals surface area contributed by atoms with Gasteiger partial charge < -0.3 is 15.6 Å². The quantitative estimate of drug-likeness (QED) is 0.554. The van der Waals surface area contributed by atoms with Crippen LogP contribution in [0, 0.1) is 0 Å². The molecule has 1 unspecified atom stereocenters. The normalized spacial score (nSPS) is 12.1. The van der Waals surface area contributed by atoms with Gasteiger partial charge in [-0.15, -0.1) is 0 Å². The lowest BCUT2D eigenvalue weighted by Crippen LogP contribution is -2.08. The van der Waals surface area contributed by atoms with Crippen molar-refractivity contribution in [3.8, 4) is 0 Å². The highest BCUT2D eigenvalue weighted by atomic mass is 16.5. The first kappa shape index (κ1) is 10.5. The molecule has 4 heteroatoms. The van der Waals surface area contributed by atoms with Crippen molar-refractivity contribution < 1.29 is 14.6 Å². The number of hydrogen-bond acceptors (Lipinski definition) is 4. The Bertz CT molecular complexity index is 325. The fraction of sp³-hybridized carbons (Fsp3) is 0.300. The summed E-state index contributed by atoms with van der Waals surface area (Å²) in [5.41, 5.74) is 6.71. The van der Waals surface area contributed by atoms with Crippen molar-refractivity contribution in [1.29, 1.82) is 0 Å². The molecule has 0 aliphatic rings. The van der Waals surface area contributed by atoms with Gasteiger partial charge >= 0.3 is 5.97 Å². The minimum Gasteiger partial charge on any atom is -0.469 e. The molecule has 3 N–H and O–H groups in total. The van der Waals surface area contributed by atoms with E-state index in [1.165, 1.54) is 7.11 Å². The summed E-state index contributed by atoms with van der Waals surface area (Å²) in [4.78, 5) is 10.9. The average molecular weight is 195 g/mol. The van der Waals surface area contributed by atoms with Gasteiger partial charge in [0.15, 0.2) is 0 Å². The molecule has 0 saturated carbocycles. The Morgan fingerprint density at radius 3 is 2.93 bits per heavy atom. The van der Waals surface area contributed by atoms with E-state index in [0.717, 1.165) is 0 Å². The zero-order chi connectivity index (χ0) is 10.6. The molecule has 0 aromatic heterocycles. The maximum Gasteiger partial charge on any atom is 0.308 e. The fourth-order valence-electron chi connectivity index (χ4n) is 1.13. The van der Waals surface area contributed by atoms with Crippen molar-refractivity contribution >= 4 is 11.7 Å². The van der Waals surface area contributed by atoms with Gasteiger partial charge in [0.2, 0.25) is 0 Å². The molecule has 1 aromatic rings. The molecule has 0 heterocycles. The van der Waals surface area contributed by atoms with Crippen molar-refractivity contribution in [3.63, 3.8) is 0 Å². The number of ether oxygens (including phenoxy) is 1. The van der Waals surface area contributed by atoms with Crippen LogP contribution >= 0.6 is 0 Å². The molecule has 0 amide bonds. The minimum atomic E-state index is -0.856.